The van der Waals surface area contributed by atoms with E-state index in [4.69, 9.17) is 5.73 Å². The molecule has 0 aromatic heterocycles. The second-order valence-electron chi connectivity index (χ2n) is 5.20. The standard InChI is InChI=1S/C14H22N2O2S/c1-12-7-8-13(15)11-14(12)19(17,18)16-9-5-3-2-4-6-10-16/h7-8,11H,2-6,9-10,15H2,1H3. The molecular weight excluding hydrogens is 260 g/mol. The van der Waals surface area contributed by atoms with Gasteiger partial charge in [0.15, 0.2) is 0 Å². The van der Waals surface area contributed by atoms with Gasteiger partial charge in [-0.2, -0.15) is 4.31 Å². The minimum atomic E-state index is -3.40. The monoisotopic (exact) mass is 282 g/mol. The van der Waals surface area contributed by atoms with Crippen molar-refractivity contribution in [3.8, 4) is 0 Å². The highest BCUT2D eigenvalue weighted by atomic mass is 32.2. The number of anilines is 1. The average Bonchev–Trinajstić information content (AvgIpc) is 2.31. The fourth-order valence-corrected chi connectivity index (χ4v) is 4.27. The molecule has 106 valence electrons. The first-order valence-electron chi connectivity index (χ1n) is 6.88. The quantitative estimate of drug-likeness (QED) is 0.848. The Kier molecular flexibility index (Phi) is 4.47. The molecule has 19 heavy (non-hydrogen) atoms. The van der Waals surface area contributed by atoms with Crippen molar-refractivity contribution in [3.63, 3.8) is 0 Å². The summed E-state index contributed by atoms with van der Waals surface area (Å²) in [6, 6.07) is 5.08. The van der Waals surface area contributed by atoms with E-state index >= 15 is 0 Å². The van der Waals surface area contributed by atoms with Gasteiger partial charge >= 0.3 is 0 Å². The predicted molar refractivity (Wildman–Crippen MR) is 77.4 cm³/mol. The Morgan fingerprint density at radius 2 is 1.63 bits per heavy atom. The number of rotatable bonds is 2. The van der Waals surface area contributed by atoms with Crippen LogP contribution in [0.1, 0.15) is 37.7 Å². The van der Waals surface area contributed by atoms with E-state index < -0.39 is 10.0 Å². The van der Waals surface area contributed by atoms with Crippen LogP contribution < -0.4 is 5.73 Å². The maximum absolute atomic E-state index is 12.7. The smallest absolute Gasteiger partial charge is 0.243 e. The molecule has 0 aliphatic carbocycles. The number of hydrogen-bond acceptors (Lipinski definition) is 3. The zero-order valence-electron chi connectivity index (χ0n) is 11.4. The molecule has 0 saturated carbocycles. The molecule has 2 rings (SSSR count). The van der Waals surface area contributed by atoms with E-state index in [1.165, 1.54) is 6.42 Å². The van der Waals surface area contributed by atoms with E-state index in [9.17, 15) is 8.42 Å². The number of sulfonamides is 1. The Hall–Kier alpha value is -1.07. The molecule has 5 heteroatoms. The molecule has 0 atom stereocenters. The zero-order valence-corrected chi connectivity index (χ0v) is 12.2. The average molecular weight is 282 g/mol. The van der Waals surface area contributed by atoms with Crippen LogP contribution >= 0.6 is 0 Å². The van der Waals surface area contributed by atoms with Gasteiger partial charge in [0, 0.05) is 18.8 Å². The van der Waals surface area contributed by atoms with Crippen LogP contribution in [0.3, 0.4) is 0 Å². The number of hydrogen-bond donors (Lipinski definition) is 1. The molecule has 1 aromatic carbocycles. The molecule has 0 unspecified atom stereocenters. The minimum Gasteiger partial charge on any atom is -0.399 e. The van der Waals surface area contributed by atoms with E-state index in [-0.39, 0.29) is 0 Å². The normalized spacial score (nSPS) is 18.8. The molecule has 0 amide bonds. The third-order valence-corrected chi connectivity index (χ3v) is 5.69. The highest BCUT2D eigenvalue weighted by Crippen LogP contribution is 2.24. The number of nitrogen functional groups attached to an aromatic ring is 1. The Morgan fingerprint density at radius 3 is 2.26 bits per heavy atom. The van der Waals surface area contributed by atoms with Gasteiger partial charge in [-0.25, -0.2) is 8.42 Å². The first-order chi connectivity index (χ1) is 9.01. The fraction of sp³-hybridized carbons (Fsp3) is 0.571. The molecule has 1 fully saturated rings. The van der Waals surface area contributed by atoms with Crippen LogP contribution in [0.5, 0.6) is 0 Å². The minimum absolute atomic E-state index is 0.355. The van der Waals surface area contributed by atoms with Crippen LogP contribution in [-0.2, 0) is 10.0 Å². The second kappa shape index (κ2) is 5.92. The van der Waals surface area contributed by atoms with Crippen molar-refractivity contribution < 1.29 is 8.42 Å². The summed E-state index contributed by atoms with van der Waals surface area (Å²) in [4.78, 5) is 0.355. The van der Waals surface area contributed by atoms with E-state index in [2.05, 4.69) is 0 Å². The van der Waals surface area contributed by atoms with Gasteiger partial charge in [0.25, 0.3) is 0 Å². The lowest BCUT2D eigenvalue weighted by atomic mass is 10.1. The van der Waals surface area contributed by atoms with Crippen molar-refractivity contribution in [3.05, 3.63) is 23.8 Å². The fourth-order valence-electron chi connectivity index (χ4n) is 2.49. The van der Waals surface area contributed by atoms with E-state index in [1.807, 2.05) is 6.92 Å². The molecule has 1 aromatic rings. The Bertz CT molecular complexity index is 532. The molecule has 0 spiro atoms. The van der Waals surface area contributed by atoms with Gasteiger partial charge < -0.3 is 5.73 Å². The molecule has 1 aliphatic heterocycles. The van der Waals surface area contributed by atoms with Gasteiger partial charge in [0.05, 0.1) is 4.90 Å². The van der Waals surface area contributed by atoms with Gasteiger partial charge in [0.1, 0.15) is 0 Å². The van der Waals surface area contributed by atoms with Gasteiger partial charge in [0.2, 0.25) is 10.0 Å². The summed E-state index contributed by atoms with van der Waals surface area (Å²) in [5.41, 5.74) is 6.98. The lowest BCUT2D eigenvalue weighted by molar-refractivity contribution is 0.364. The van der Waals surface area contributed by atoms with Gasteiger partial charge in [-0.05, 0) is 37.5 Å². The highest BCUT2D eigenvalue weighted by Gasteiger charge is 2.26. The number of nitrogens with two attached hydrogens (primary N) is 1. The summed E-state index contributed by atoms with van der Waals surface area (Å²) in [5.74, 6) is 0. The van der Waals surface area contributed by atoms with E-state index in [0.717, 1.165) is 31.2 Å². The van der Waals surface area contributed by atoms with Crippen molar-refractivity contribution in [1.82, 2.24) is 4.31 Å². The third-order valence-electron chi connectivity index (χ3n) is 3.65. The molecule has 1 heterocycles. The van der Waals surface area contributed by atoms with E-state index in [0.29, 0.717) is 23.7 Å². The second-order valence-corrected chi connectivity index (χ2v) is 7.10. The largest absolute Gasteiger partial charge is 0.399 e. The van der Waals surface area contributed by atoms with Crippen LogP contribution in [0.4, 0.5) is 5.69 Å². The molecule has 1 saturated heterocycles. The molecular formula is C14H22N2O2S. The Balaban J connectivity index is 2.31. The maximum atomic E-state index is 12.7. The summed E-state index contributed by atoms with van der Waals surface area (Å²) in [7, 11) is -3.40. The summed E-state index contributed by atoms with van der Waals surface area (Å²) in [5, 5.41) is 0. The van der Waals surface area contributed by atoms with Crippen molar-refractivity contribution >= 4 is 15.7 Å². The molecule has 4 nitrogen and oxygen atoms in total. The molecule has 0 bridgehead atoms. The van der Waals surface area contributed by atoms with Crippen molar-refractivity contribution in [2.24, 2.45) is 0 Å². The van der Waals surface area contributed by atoms with Crippen molar-refractivity contribution in [2.75, 3.05) is 18.8 Å². The number of aryl methyl sites for hydroxylation is 1. The van der Waals surface area contributed by atoms with Gasteiger partial charge in [-0.15, -0.1) is 0 Å². The lowest BCUT2D eigenvalue weighted by Gasteiger charge is -2.25. The lowest BCUT2D eigenvalue weighted by Crippen LogP contribution is -2.34. The van der Waals surface area contributed by atoms with E-state index in [1.54, 1.807) is 22.5 Å². The number of benzene rings is 1. The summed E-state index contributed by atoms with van der Waals surface area (Å²) in [6.07, 6.45) is 5.33. The molecule has 0 radical (unpaired) electrons. The van der Waals surface area contributed by atoms with Crippen LogP contribution in [0.15, 0.2) is 23.1 Å². The Morgan fingerprint density at radius 1 is 1.05 bits per heavy atom. The topological polar surface area (TPSA) is 63.4 Å². The Labute approximate surface area is 115 Å². The third kappa shape index (κ3) is 3.28. The van der Waals surface area contributed by atoms with Gasteiger partial charge in [-0.3, -0.25) is 0 Å². The maximum Gasteiger partial charge on any atom is 0.243 e. The number of nitrogens with zero attached hydrogens (tertiary/aromatic N) is 1. The van der Waals surface area contributed by atoms with Crippen molar-refractivity contribution in [1.29, 1.82) is 0 Å². The van der Waals surface area contributed by atoms with Crippen LogP contribution in [0.25, 0.3) is 0 Å². The predicted octanol–water partition coefficient (Wildman–Crippen LogP) is 2.53. The first kappa shape index (κ1) is 14.3. The summed E-state index contributed by atoms with van der Waals surface area (Å²) < 4.78 is 27.0. The SMILES string of the molecule is Cc1ccc(N)cc1S(=O)(=O)N1CCCCCCC1. The molecule has 2 N–H and O–H groups in total. The summed E-state index contributed by atoms with van der Waals surface area (Å²) >= 11 is 0. The van der Waals surface area contributed by atoms with Crippen LogP contribution in [0, 0.1) is 6.92 Å². The highest BCUT2D eigenvalue weighted by molar-refractivity contribution is 7.89. The van der Waals surface area contributed by atoms with Crippen molar-refractivity contribution in [2.45, 2.75) is 43.9 Å². The first-order valence-corrected chi connectivity index (χ1v) is 8.32. The van der Waals surface area contributed by atoms with Crippen LogP contribution in [0.2, 0.25) is 0 Å². The summed E-state index contributed by atoms with van der Waals surface area (Å²) in [6.45, 7) is 3.06. The van der Waals surface area contributed by atoms with Gasteiger partial charge in [-0.1, -0.05) is 25.3 Å². The molecule has 1 aliphatic rings. The zero-order chi connectivity index (χ0) is 13.9. The van der Waals surface area contributed by atoms with Crippen LogP contribution in [-0.4, -0.2) is 25.8 Å².